The predicted octanol–water partition coefficient (Wildman–Crippen LogP) is -0.0281. The minimum atomic E-state index is -3.65. The third-order valence-corrected chi connectivity index (χ3v) is 6.08. The van der Waals surface area contributed by atoms with Crippen molar-refractivity contribution in [3.8, 4) is 0 Å². The zero-order valence-corrected chi connectivity index (χ0v) is 13.4. The molecule has 1 aromatic rings. The Bertz CT molecular complexity index is 663. The van der Waals surface area contributed by atoms with Gasteiger partial charge in [0, 0.05) is 18.5 Å². The molecule has 122 valence electrons. The highest BCUT2D eigenvalue weighted by Crippen LogP contribution is 2.23. The molecule has 0 unspecified atom stereocenters. The number of carbonyl (C=O) groups excluding carboxylic acids is 1. The number of hydrogen-bond donors (Lipinski definition) is 2. The minimum absolute atomic E-state index is 0.0347. The Morgan fingerprint density at radius 2 is 2.05 bits per heavy atom. The van der Waals surface area contributed by atoms with Gasteiger partial charge in [-0.2, -0.15) is 4.31 Å². The Morgan fingerprint density at radius 3 is 2.64 bits per heavy atom. The van der Waals surface area contributed by atoms with Gasteiger partial charge in [-0.1, -0.05) is 0 Å². The van der Waals surface area contributed by atoms with Crippen molar-refractivity contribution >= 4 is 33.2 Å². The van der Waals surface area contributed by atoms with Crippen molar-refractivity contribution < 1.29 is 27.9 Å². The van der Waals surface area contributed by atoms with E-state index in [0.717, 1.165) is 11.3 Å². The highest BCUT2D eigenvalue weighted by molar-refractivity contribution is 7.89. The number of carbonyl (C=O) groups is 2. The number of amides is 1. The van der Waals surface area contributed by atoms with Crippen LogP contribution in [0, 0.1) is 0 Å². The normalized spacial score (nSPS) is 17.9. The molecule has 1 amide bonds. The van der Waals surface area contributed by atoms with Crippen LogP contribution in [0.2, 0.25) is 0 Å². The second-order valence-electron chi connectivity index (χ2n) is 4.70. The number of nitrogens with one attached hydrogen (secondary N) is 1. The van der Waals surface area contributed by atoms with Gasteiger partial charge in [0.2, 0.25) is 10.0 Å². The van der Waals surface area contributed by atoms with Crippen LogP contribution in [0.3, 0.4) is 0 Å². The fraction of sp³-hybridized carbons (Fsp3) is 0.500. The van der Waals surface area contributed by atoms with Crippen LogP contribution in [0.1, 0.15) is 16.6 Å². The van der Waals surface area contributed by atoms with Crippen molar-refractivity contribution in [1.29, 1.82) is 0 Å². The number of nitrogens with zero attached hydrogens (tertiary/aromatic N) is 1. The fourth-order valence-electron chi connectivity index (χ4n) is 1.84. The van der Waals surface area contributed by atoms with Crippen LogP contribution in [0.25, 0.3) is 0 Å². The summed E-state index contributed by atoms with van der Waals surface area (Å²) in [5, 5.41) is 12.4. The van der Waals surface area contributed by atoms with E-state index in [1.165, 1.54) is 22.7 Å². The number of carboxylic acids is 1. The Balaban J connectivity index is 2.13. The van der Waals surface area contributed by atoms with Gasteiger partial charge in [-0.15, -0.1) is 11.3 Å². The molecule has 0 spiro atoms. The highest BCUT2D eigenvalue weighted by atomic mass is 32.2. The van der Waals surface area contributed by atoms with Crippen molar-refractivity contribution in [2.45, 2.75) is 17.9 Å². The number of hydrogen-bond acceptors (Lipinski definition) is 6. The molecule has 2 rings (SSSR count). The quantitative estimate of drug-likeness (QED) is 0.773. The van der Waals surface area contributed by atoms with Gasteiger partial charge in [0.15, 0.2) is 0 Å². The largest absolute Gasteiger partial charge is 0.480 e. The van der Waals surface area contributed by atoms with E-state index < -0.39 is 27.9 Å². The predicted molar refractivity (Wildman–Crippen MR) is 78.5 cm³/mol. The Kier molecular flexibility index (Phi) is 5.16. The lowest BCUT2D eigenvalue weighted by Crippen LogP contribution is -2.40. The molecular weight excluding hydrogens is 332 g/mol. The summed E-state index contributed by atoms with van der Waals surface area (Å²) in [4.78, 5) is 22.8. The number of ether oxygens (including phenoxy) is 1. The van der Waals surface area contributed by atoms with E-state index in [9.17, 15) is 18.0 Å². The first kappa shape index (κ1) is 16.9. The van der Waals surface area contributed by atoms with Gasteiger partial charge < -0.3 is 15.2 Å². The Hall–Kier alpha value is -1.49. The van der Waals surface area contributed by atoms with Crippen molar-refractivity contribution in [1.82, 2.24) is 9.62 Å². The zero-order chi connectivity index (χ0) is 16.3. The van der Waals surface area contributed by atoms with Gasteiger partial charge in [0.05, 0.1) is 23.0 Å². The first-order valence-corrected chi connectivity index (χ1v) is 8.84. The van der Waals surface area contributed by atoms with Crippen LogP contribution < -0.4 is 5.32 Å². The van der Waals surface area contributed by atoms with Gasteiger partial charge in [0.25, 0.3) is 5.91 Å². The summed E-state index contributed by atoms with van der Waals surface area (Å²) in [6, 6.07) is 0.216. The van der Waals surface area contributed by atoms with Gasteiger partial charge in [-0.05, 0) is 13.0 Å². The van der Waals surface area contributed by atoms with Crippen LogP contribution in [-0.2, 0) is 19.6 Å². The molecule has 2 heterocycles. The smallest absolute Gasteiger partial charge is 0.325 e. The van der Waals surface area contributed by atoms with Crippen molar-refractivity contribution in [3.05, 3.63) is 16.3 Å². The van der Waals surface area contributed by atoms with Crippen molar-refractivity contribution in [2.75, 3.05) is 26.3 Å². The standard InChI is InChI=1S/C12H16N2O6S2/c1-8(12(16)17)13-11(15)10-6-9(7-21-10)22(18,19)14-2-4-20-5-3-14/h6-8H,2-5H2,1H3,(H,13,15)(H,16,17)/t8-/m1/s1. The van der Waals surface area contributed by atoms with Gasteiger partial charge >= 0.3 is 5.97 Å². The van der Waals surface area contributed by atoms with Gasteiger partial charge in [0.1, 0.15) is 6.04 Å². The lowest BCUT2D eigenvalue weighted by molar-refractivity contribution is -0.138. The maximum absolute atomic E-state index is 12.4. The molecule has 0 aromatic carbocycles. The summed E-state index contributed by atoms with van der Waals surface area (Å²) in [7, 11) is -3.65. The average molecular weight is 348 g/mol. The molecule has 1 fully saturated rings. The molecule has 22 heavy (non-hydrogen) atoms. The monoisotopic (exact) mass is 348 g/mol. The number of carboxylic acid groups (broad SMARTS) is 1. The molecule has 1 aliphatic rings. The molecular formula is C12H16N2O6S2. The number of sulfonamides is 1. The third kappa shape index (κ3) is 3.64. The van der Waals surface area contributed by atoms with Crippen LogP contribution in [0.15, 0.2) is 16.3 Å². The van der Waals surface area contributed by atoms with Crippen molar-refractivity contribution in [3.63, 3.8) is 0 Å². The summed E-state index contributed by atoms with van der Waals surface area (Å²) in [5.41, 5.74) is 0. The highest BCUT2D eigenvalue weighted by Gasteiger charge is 2.28. The average Bonchev–Trinajstić information content (AvgIpc) is 2.98. The molecule has 0 saturated carbocycles. The Labute approximate surface area is 131 Å². The molecule has 1 atom stereocenters. The van der Waals surface area contributed by atoms with Crippen LogP contribution >= 0.6 is 11.3 Å². The third-order valence-electron chi connectivity index (χ3n) is 3.13. The summed E-state index contributed by atoms with van der Waals surface area (Å²) in [5.74, 6) is -1.77. The summed E-state index contributed by atoms with van der Waals surface area (Å²) >= 11 is 0.960. The van der Waals surface area contributed by atoms with Crippen LogP contribution in [-0.4, -0.2) is 62.1 Å². The van der Waals surface area contributed by atoms with E-state index in [1.807, 2.05) is 0 Å². The molecule has 0 bridgehead atoms. The minimum Gasteiger partial charge on any atom is -0.480 e. The number of aliphatic carboxylic acids is 1. The topological polar surface area (TPSA) is 113 Å². The number of thiophene rings is 1. The van der Waals surface area contributed by atoms with Gasteiger partial charge in [-0.3, -0.25) is 9.59 Å². The van der Waals surface area contributed by atoms with Crippen LogP contribution in [0.4, 0.5) is 0 Å². The van der Waals surface area contributed by atoms with E-state index in [0.29, 0.717) is 13.2 Å². The first-order chi connectivity index (χ1) is 10.3. The maximum Gasteiger partial charge on any atom is 0.325 e. The van der Waals surface area contributed by atoms with E-state index in [4.69, 9.17) is 9.84 Å². The SMILES string of the molecule is C[C@@H](NC(=O)c1cc(S(=O)(=O)N2CCOCC2)cs1)C(=O)O. The Morgan fingerprint density at radius 1 is 1.41 bits per heavy atom. The van der Waals surface area contributed by atoms with E-state index >= 15 is 0 Å². The number of morpholine rings is 1. The maximum atomic E-state index is 12.4. The molecule has 1 saturated heterocycles. The second-order valence-corrected chi connectivity index (χ2v) is 7.55. The first-order valence-electron chi connectivity index (χ1n) is 6.52. The molecule has 0 radical (unpaired) electrons. The van der Waals surface area contributed by atoms with Crippen LogP contribution in [0.5, 0.6) is 0 Å². The fourth-order valence-corrected chi connectivity index (χ4v) is 4.41. The van der Waals surface area contributed by atoms with Crippen molar-refractivity contribution in [2.24, 2.45) is 0 Å². The van der Waals surface area contributed by atoms with Gasteiger partial charge in [-0.25, -0.2) is 8.42 Å². The summed E-state index contributed by atoms with van der Waals surface area (Å²) in [6.45, 7) is 2.56. The van der Waals surface area contributed by atoms with E-state index in [2.05, 4.69) is 5.32 Å². The molecule has 10 heteroatoms. The molecule has 1 aliphatic heterocycles. The van der Waals surface area contributed by atoms with E-state index in [1.54, 1.807) is 0 Å². The van der Waals surface area contributed by atoms with E-state index in [-0.39, 0.29) is 22.9 Å². The second kappa shape index (κ2) is 6.73. The summed E-state index contributed by atoms with van der Waals surface area (Å²) in [6.07, 6.45) is 0. The molecule has 8 nitrogen and oxygen atoms in total. The molecule has 2 N–H and O–H groups in total. The zero-order valence-electron chi connectivity index (χ0n) is 11.8. The molecule has 1 aromatic heterocycles. The lowest BCUT2D eigenvalue weighted by atomic mass is 10.3. The molecule has 0 aliphatic carbocycles. The number of rotatable bonds is 5. The lowest BCUT2D eigenvalue weighted by Gasteiger charge is -2.25. The summed E-state index contributed by atoms with van der Waals surface area (Å²) < 4.78 is 31.2.